The van der Waals surface area contributed by atoms with E-state index in [1.54, 1.807) is 13.3 Å². The average molecular weight is 468 g/mol. The van der Waals surface area contributed by atoms with Gasteiger partial charge >= 0.3 is 0 Å². The number of benzene rings is 1. The Labute approximate surface area is 173 Å². The number of rotatable bonds is 5. The minimum atomic E-state index is 0. The molecule has 1 aromatic heterocycles. The summed E-state index contributed by atoms with van der Waals surface area (Å²) in [5.74, 6) is 3.01. The van der Waals surface area contributed by atoms with E-state index >= 15 is 0 Å². The smallest absolute Gasteiger partial charge is 0.226 e. The van der Waals surface area contributed by atoms with Gasteiger partial charge in [-0.15, -0.1) is 24.0 Å². The van der Waals surface area contributed by atoms with Gasteiger partial charge in [-0.2, -0.15) is 0 Å². The van der Waals surface area contributed by atoms with E-state index < -0.39 is 0 Å². The molecule has 2 atom stereocenters. The second-order valence-electron chi connectivity index (χ2n) is 6.84. The monoisotopic (exact) mass is 468 g/mol. The van der Waals surface area contributed by atoms with Gasteiger partial charge in [0.05, 0.1) is 12.2 Å². The van der Waals surface area contributed by atoms with E-state index in [4.69, 9.17) is 4.42 Å². The zero-order valence-corrected chi connectivity index (χ0v) is 17.9. The van der Waals surface area contributed by atoms with E-state index in [0.717, 1.165) is 35.6 Å². The fourth-order valence-corrected chi connectivity index (χ4v) is 3.42. The second kappa shape index (κ2) is 10.5. The Morgan fingerprint density at radius 3 is 2.69 bits per heavy atom. The van der Waals surface area contributed by atoms with Crippen molar-refractivity contribution in [2.45, 2.75) is 39.2 Å². The number of aromatic nitrogens is 1. The first-order chi connectivity index (χ1) is 12.3. The topological polar surface area (TPSA) is 62.5 Å². The lowest BCUT2D eigenvalue weighted by Gasteiger charge is -2.29. The molecule has 1 fully saturated rings. The Morgan fingerprint density at radius 1 is 1.19 bits per heavy atom. The van der Waals surface area contributed by atoms with Crippen LogP contribution in [0.5, 0.6) is 0 Å². The van der Waals surface area contributed by atoms with Gasteiger partial charge in [0.15, 0.2) is 5.96 Å². The first-order valence-electron chi connectivity index (χ1n) is 9.20. The Balaban J connectivity index is 0.00000243. The van der Waals surface area contributed by atoms with Gasteiger partial charge in [0.25, 0.3) is 0 Å². The number of oxazole rings is 1. The summed E-state index contributed by atoms with van der Waals surface area (Å²) >= 11 is 0. The second-order valence-corrected chi connectivity index (χ2v) is 6.84. The molecule has 0 bridgehead atoms. The quantitative estimate of drug-likeness (QED) is 0.387. The normalized spacial score (nSPS) is 20.3. The fraction of sp³-hybridized carbons (Fsp3) is 0.500. The van der Waals surface area contributed by atoms with Crippen molar-refractivity contribution in [3.8, 4) is 11.5 Å². The first-order valence-corrected chi connectivity index (χ1v) is 9.20. The van der Waals surface area contributed by atoms with Crippen LogP contribution in [0.15, 0.2) is 46.0 Å². The van der Waals surface area contributed by atoms with Crippen molar-refractivity contribution >= 4 is 29.9 Å². The van der Waals surface area contributed by atoms with Gasteiger partial charge in [-0.25, -0.2) is 4.98 Å². The third kappa shape index (κ3) is 5.72. The van der Waals surface area contributed by atoms with Gasteiger partial charge in [-0.1, -0.05) is 44.4 Å². The summed E-state index contributed by atoms with van der Waals surface area (Å²) < 4.78 is 5.57. The number of guanidine groups is 1. The van der Waals surface area contributed by atoms with E-state index in [1.165, 1.54) is 25.7 Å². The molecule has 0 radical (unpaired) electrons. The van der Waals surface area contributed by atoms with Crippen molar-refractivity contribution in [2.24, 2.45) is 16.8 Å². The molecule has 5 nitrogen and oxygen atoms in total. The van der Waals surface area contributed by atoms with Gasteiger partial charge in [-0.3, -0.25) is 4.99 Å². The first kappa shape index (κ1) is 20.7. The van der Waals surface area contributed by atoms with Crippen LogP contribution in [-0.2, 0) is 6.54 Å². The molecule has 2 unspecified atom stereocenters. The lowest BCUT2D eigenvalue weighted by molar-refractivity contribution is 0.256. The number of aliphatic imine (C=N–C) groups is 1. The summed E-state index contributed by atoms with van der Waals surface area (Å²) in [6, 6.07) is 9.94. The number of nitrogens with zero attached hydrogens (tertiary/aromatic N) is 2. The highest BCUT2D eigenvalue weighted by molar-refractivity contribution is 14.0. The van der Waals surface area contributed by atoms with Crippen molar-refractivity contribution in [3.05, 3.63) is 42.3 Å². The Bertz CT molecular complexity index is 686. The molecule has 1 aliphatic rings. The third-order valence-corrected chi connectivity index (χ3v) is 5.05. The van der Waals surface area contributed by atoms with Crippen molar-refractivity contribution in [3.63, 3.8) is 0 Å². The summed E-state index contributed by atoms with van der Waals surface area (Å²) in [7, 11) is 1.80. The summed E-state index contributed by atoms with van der Waals surface area (Å²) in [5, 5.41) is 6.78. The Morgan fingerprint density at radius 2 is 1.96 bits per heavy atom. The maximum absolute atomic E-state index is 5.57. The molecule has 0 amide bonds. The number of halogens is 1. The minimum absolute atomic E-state index is 0. The van der Waals surface area contributed by atoms with Gasteiger partial charge in [-0.05, 0) is 30.4 Å². The fourth-order valence-electron chi connectivity index (χ4n) is 3.42. The predicted octanol–water partition coefficient (Wildman–Crippen LogP) is 4.45. The van der Waals surface area contributed by atoms with Crippen LogP contribution in [0, 0.1) is 11.8 Å². The van der Waals surface area contributed by atoms with Crippen molar-refractivity contribution in [2.75, 3.05) is 13.6 Å². The van der Waals surface area contributed by atoms with E-state index in [0.29, 0.717) is 12.4 Å². The SMILES string of the molecule is CN=C(NCc1coc(-c2ccccc2)n1)NCC1CCCCC1C.I. The van der Waals surface area contributed by atoms with Crippen LogP contribution in [0.25, 0.3) is 11.5 Å². The molecule has 2 aromatic rings. The molecule has 1 aromatic carbocycles. The van der Waals surface area contributed by atoms with Crippen molar-refractivity contribution < 1.29 is 4.42 Å². The van der Waals surface area contributed by atoms with Gasteiger partial charge in [0, 0.05) is 19.2 Å². The Hall–Kier alpha value is -1.57. The molecule has 2 N–H and O–H groups in total. The van der Waals surface area contributed by atoms with Crippen LogP contribution in [0.1, 0.15) is 38.3 Å². The summed E-state index contributed by atoms with van der Waals surface area (Å²) in [5.41, 5.74) is 1.86. The van der Waals surface area contributed by atoms with Gasteiger partial charge < -0.3 is 15.1 Å². The van der Waals surface area contributed by atoms with Crippen LogP contribution in [0.4, 0.5) is 0 Å². The van der Waals surface area contributed by atoms with E-state index in [-0.39, 0.29) is 24.0 Å². The van der Waals surface area contributed by atoms with E-state index in [9.17, 15) is 0 Å². The molecule has 0 aliphatic heterocycles. The molecule has 0 saturated heterocycles. The number of hydrogen-bond acceptors (Lipinski definition) is 3. The molecule has 1 heterocycles. The molecule has 0 spiro atoms. The number of nitrogens with one attached hydrogen (secondary N) is 2. The van der Waals surface area contributed by atoms with Crippen LogP contribution >= 0.6 is 24.0 Å². The average Bonchev–Trinajstić information content (AvgIpc) is 3.13. The molecule has 1 aliphatic carbocycles. The molecular weight excluding hydrogens is 439 g/mol. The highest BCUT2D eigenvalue weighted by atomic mass is 127. The highest BCUT2D eigenvalue weighted by Gasteiger charge is 2.21. The zero-order chi connectivity index (χ0) is 17.5. The molecule has 6 heteroatoms. The third-order valence-electron chi connectivity index (χ3n) is 5.05. The molecule has 3 rings (SSSR count). The lowest BCUT2D eigenvalue weighted by atomic mass is 9.80. The van der Waals surface area contributed by atoms with Crippen LogP contribution in [0.3, 0.4) is 0 Å². The molecule has 142 valence electrons. The highest BCUT2D eigenvalue weighted by Crippen LogP contribution is 2.28. The van der Waals surface area contributed by atoms with Crippen LogP contribution < -0.4 is 10.6 Å². The van der Waals surface area contributed by atoms with E-state index in [1.807, 2.05) is 30.3 Å². The van der Waals surface area contributed by atoms with Crippen molar-refractivity contribution in [1.29, 1.82) is 0 Å². The van der Waals surface area contributed by atoms with Crippen molar-refractivity contribution in [1.82, 2.24) is 15.6 Å². The summed E-state index contributed by atoms with van der Waals surface area (Å²) in [6.45, 7) is 3.94. The molecule has 1 saturated carbocycles. The molecule has 26 heavy (non-hydrogen) atoms. The maximum atomic E-state index is 5.57. The van der Waals surface area contributed by atoms with Gasteiger partial charge in [0.1, 0.15) is 6.26 Å². The summed E-state index contributed by atoms with van der Waals surface area (Å²) in [4.78, 5) is 8.85. The van der Waals surface area contributed by atoms with E-state index in [2.05, 4.69) is 27.5 Å². The van der Waals surface area contributed by atoms with Crippen LogP contribution in [-0.4, -0.2) is 24.5 Å². The molecular formula is C20H29IN4O. The predicted molar refractivity (Wildman–Crippen MR) is 117 cm³/mol. The zero-order valence-electron chi connectivity index (χ0n) is 15.6. The minimum Gasteiger partial charge on any atom is -0.444 e. The maximum Gasteiger partial charge on any atom is 0.226 e. The lowest BCUT2D eigenvalue weighted by Crippen LogP contribution is -2.41. The van der Waals surface area contributed by atoms with Gasteiger partial charge in [0.2, 0.25) is 5.89 Å². The van der Waals surface area contributed by atoms with Crippen LogP contribution in [0.2, 0.25) is 0 Å². The number of hydrogen-bond donors (Lipinski definition) is 2. The Kier molecular flexibility index (Phi) is 8.41. The standard InChI is InChI=1S/C20H28N4O.HI/c1-15-8-6-7-11-17(15)12-22-20(21-2)23-13-18-14-25-19(24-18)16-9-4-3-5-10-16;/h3-5,9-10,14-15,17H,6-8,11-13H2,1-2H3,(H2,21,22,23);1H. The summed E-state index contributed by atoms with van der Waals surface area (Å²) in [6.07, 6.45) is 7.09. The largest absolute Gasteiger partial charge is 0.444 e.